The molecule has 0 radical (unpaired) electrons. The highest BCUT2D eigenvalue weighted by Gasteiger charge is 2.38. The van der Waals surface area contributed by atoms with Crippen molar-refractivity contribution in [2.45, 2.75) is 31.3 Å². The van der Waals surface area contributed by atoms with Crippen LogP contribution in [0.1, 0.15) is 20.8 Å². The lowest BCUT2D eigenvalue weighted by Gasteiger charge is -2.36. The number of para-hydroxylation sites is 1. The van der Waals surface area contributed by atoms with Crippen LogP contribution in [-0.4, -0.2) is 20.2 Å². The third-order valence-electron chi connectivity index (χ3n) is 4.81. The Morgan fingerprint density at radius 3 is 2.27 bits per heavy atom. The summed E-state index contributed by atoms with van der Waals surface area (Å²) >= 11 is 4.19. The Kier molecular flexibility index (Phi) is 4.63. The molecular formula is C21H23NO3S. The molecule has 1 aromatic heterocycles. The van der Waals surface area contributed by atoms with E-state index in [9.17, 15) is 9.90 Å². The van der Waals surface area contributed by atoms with Gasteiger partial charge in [0.1, 0.15) is 16.3 Å². The van der Waals surface area contributed by atoms with E-state index in [0.717, 1.165) is 16.5 Å². The first kappa shape index (κ1) is 18.5. The smallest absolute Gasteiger partial charge is 0.258 e. The summed E-state index contributed by atoms with van der Waals surface area (Å²) in [5, 5.41) is 11.1. The van der Waals surface area contributed by atoms with Gasteiger partial charge in [-0.2, -0.15) is 0 Å². The first-order valence-electron chi connectivity index (χ1n) is 8.43. The number of aromatic nitrogens is 1. The summed E-state index contributed by atoms with van der Waals surface area (Å²) in [6, 6.07) is 17.0. The van der Waals surface area contributed by atoms with Gasteiger partial charge < -0.3 is 14.4 Å². The molecule has 0 saturated heterocycles. The molecule has 3 aromatic rings. The fraction of sp³-hybridized carbons (Fsp3) is 0.286. The lowest BCUT2D eigenvalue weighted by Crippen LogP contribution is -2.47. The topological polar surface area (TPSA) is 51.5 Å². The standard InChI is InChI=1S/C21H23NO3S/c1-20(2,21(3,24)26)25-16-11-9-14(10-12-16)17-13-15-7-5-6-8-18(15)22(4)19(17)23/h5-13,24,26H,1-4H3. The maximum Gasteiger partial charge on any atom is 0.258 e. The van der Waals surface area contributed by atoms with Crippen molar-refractivity contribution in [2.75, 3.05) is 0 Å². The molecule has 3 rings (SSSR count). The largest absolute Gasteiger partial charge is 0.484 e. The van der Waals surface area contributed by atoms with Crippen molar-refractivity contribution in [3.05, 3.63) is 65.0 Å². The van der Waals surface area contributed by atoms with Crippen LogP contribution in [0.15, 0.2) is 59.4 Å². The Bertz CT molecular complexity index is 998. The fourth-order valence-electron chi connectivity index (χ4n) is 2.72. The van der Waals surface area contributed by atoms with Gasteiger partial charge in [-0.25, -0.2) is 0 Å². The number of ether oxygens (including phenoxy) is 1. The van der Waals surface area contributed by atoms with E-state index in [1.54, 1.807) is 44.5 Å². The molecule has 1 heterocycles. The van der Waals surface area contributed by atoms with Crippen LogP contribution in [0.5, 0.6) is 5.75 Å². The second-order valence-electron chi connectivity index (χ2n) is 7.14. The monoisotopic (exact) mass is 369 g/mol. The molecule has 4 nitrogen and oxygen atoms in total. The van der Waals surface area contributed by atoms with Gasteiger partial charge in [0.25, 0.3) is 5.56 Å². The maximum atomic E-state index is 12.7. The van der Waals surface area contributed by atoms with Gasteiger partial charge in [0.15, 0.2) is 0 Å². The van der Waals surface area contributed by atoms with Crippen molar-refractivity contribution < 1.29 is 9.84 Å². The highest BCUT2D eigenvalue weighted by atomic mass is 32.1. The van der Waals surface area contributed by atoms with Crippen molar-refractivity contribution in [1.29, 1.82) is 0 Å². The summed E-state index contributed by atoms with van der Waals surface area (Å²) in [4.78, 5) is 11.4. The van der Waals surface area contributed by atoms with Gasteiger partial charge in [0, 0.05) is 12.6 Å². The normalized spacial score (nSPS) is 14.2. The SMILES string of the molecule is Cn1c(=O)c(-c2ccc(OC(C)(C)C(C)(O)S)cc2)cc2ccccc21. The zero-order valence-electron chi connectivity index (χ0n) is 15.4. The zero-order chi connectivity index (χ0) is 19.1. The number of pyridine rings is 1. The van der Waals surface area contributed by atoms with Crippen molar-refractivity contribution in [2.24, 2.45) is 7.05 Å². The van der Waals surface area contributed by atoms with Crippen LogP contribution in [0.25, 0.3) is 22.0 Å². The number of benzene rings is 2. The van der Waals surface area contributed by atoms with Gasteiger partial charge in [-0.1, -0.05) is 30.3 Å². The number of aliphatic hydroxyl groups is 1. The molecule has 26 heavy (non-hydrogen) atoms. The third kappa shape index (κ3) is 3.37. The molecule has 2 aromatic carbocycles. The maximum absolute atomic E-state index is 12.7. The molecule has 0 aliphatic rings. The zero-order valence-corrected chi connectivity index (χ0v) is 16.2. The second-order valence-corrected chi connectivity index (χ2v) is 8.01. The molecule has 0 spiro atoms. The molecule has 1 atom stereocenters. The van der Waals surface area contributed by atoms with Gasteiger partial charge in [0.05, 0.1) is 5.52 Å². The molecule has 0 aliphatic heterocycles. The minimum Gasteiger partial charge on any atom is -0.484 e. The van der Waals surface area contributed by atoms with Crippen LogP contribution in [0.4, 0.5) is 0 Å². The first-order valence-corrected chi connectivity index (χ1v) is 8.88. The Balaban J connectivity index is 1.98. The van der Waals surface area contributed by atoms with Crippen LogP contribution >= 0.6 is 12.6 Å². The van der Waals surface area contributed by atoms with Crippen LogP contribution in [-0.2, 0) is 7.05 Å². The number of fused-ring (bicyclic) bond motifs is 1. The lowest BCUT2D eigenvalue weighted by atomic mass is 10.0. The quantitative estimate of drug-likeness (QED) is 0.540. The molecule has 136 valence electrons. The van der Waals surface area contributed by atoms with E-state index in [-0.39, 0.29) is 5.56 Å². The minimum absolute atomic E-state index is 0.0454. The van der Waals surface area contributed by atoms with E-state index < -0.39 is 10.5 Å². The summed E-state index contributed by atoms with van der Waals surface area (Å²) in [6.07, 6.45) is 0. The lowest BCUT2D eigenvalue weighted by molar-refractivity contribution is -0.0400. The number of hydrogen-bond donors (Lipinski definition) is 2. The molecule has 0 aliphatic carbocycles. The molecule has 1 unspecified atom stereocenters. The third-order valence-corrected chi connectivity index (χ3v) is 5.35. The summed E-state index contributed by atoms with van der Waals surface area (Å²) in [6.45, 7) is 5.13. The average molecular weight is 369 g/mol. The summed E-state index contributed by atoms with van der Waals surface area (Å²) < 4.78 is 7.53. The molecule has 1 N–H and O–H groups in total. The summed E-state index contributed by atoms with van der Waals surface area (Å²) in [5.41, 5.74) is 1.43. The Hall–Kier alpha value is -2.24. The number of thiol groups is 1. The molecule has 0 amide bonds. The van der Waals surface area contributed by atoms with Gasteiger partial charge >= 0.3 is 0 Å². The second kappa shape index (κ2) is 6.49. The minimum atomic E-state index is -1.29. The highest BCUT2D eigenvalue weighted by molar-refractivity contribution is 7.81. The number of hydrogen-bond acceptors (Lipinski definition) is 4. The predicted molar refractivity (Wildman–Crippen MR) is 109 cm³/mol. The molecule has 0 bridgehead atoms. The van der Waals surface area contributed by atoms with Crippen LogP contribution in [0, 0.1) is 0 Å². The van der Waals surface area contributed by atoms with Gasteiger partial charge in [0.2, 0.25) is 0 Å². The fourth-order valence-corrected chi connectivity index (χ4v) is 2.77. The average Bonchev–Trinajstić information content (AvgIpc) is 2.58. The van der Waals surface area contributed by atoms with Gasteiger partial charge in [-0.15, -0.1) is 12.6 Å². The molecular weight excluding hydrogens is 346 g/mol. The molecule has 0 saturated carbocycles. The first-order chi connectivity index (χ1) is 12.1. The highest BCUT2D eigenvalue weighted by Crippen LogP contribution is 2.31. The molecule has 0 fully saturated rings. The van der Waals surface area contributed by atoms with E-state index in [1.165, 1.54) is 0 Å². The van der Waals surface area contributed by atoms with Crippen LogP contribution in [0.2, 0.25) is 0 Å². The van der Waals surface area contributed by atoms with Gasteiger partial charge in [-0.3, -0.25) is 4.79 Å². The van der Waals surface area contributed by atoms with E-state index in [2.05, 4.69) is 12.6 Å². The Morgan fingerprint density at radius 1 is 1.04 bits per heavy atom. The van der Waals surface area contributed by atoms with Crippen LogP contribution in [0.3, 0.4) is 0 Å². The van der Waals surface area contributed by atoms with Crippen molar-refractivity contribution in [3.63, 3.8) is 0 Å². The summed E-state index contributed by atoms with van der Waals surface area (Å²) in [7, 11) is 1.78. The van der Waals surface area contributed by atoms with E-state index in [4.69, 9.17) is 4.74 Å². The van der Waals surface area contributed by atoms with E-state index >= 15 is 0 Å². The number of aryl methyl sites for hydroxylation is 1. The number of nitrogens with zero attached hydrogens (tertiary/aromatic N) is 1. The van der Waals surface area contributed by atoms with Crippen molar-refractivity contribution in [1.82, 2.24) is 4.57 Å². The van der Waals surface area contributed by atoms with Crippen LogP contribution < -0.4 is 10.3 Å². The van der Waals surface area contributed by atoms with Gasteiger partial charge in [-0.05, 0) is 56.0 Å². The Morgan fingerprint density at radius 2 is 1.65 bits per heavy atom. The van der Waals surface area contributed by atoms with Crippen molar-refractivity contribution >= 4 is 23.5 Å². The number of rotatable bonds is 4. The van der Waals surface area contributed by atoms with E-state index in [0.29, 0.717) is 11.3 Å². The summed E-state index contributed by atoms with van der Waals surface area (Å²) in [5.74, 6) is 0.602. The Labute approximate surface area is 158 Å². The predicted octanol–water partition coefficient (Wildman–Crippen LogP) is 4.00. The van der Waals surface area contributed by atoms with Crippen molar-refractivity contribution in [3.8, 4) is 16.9 Å². The van der Waals surface area contributed by atoms with E-state index in [1.807, 2.05) is 42.5 Å². The molecule has 5 heteroatoms.